The third-order valence-electron chi connectivity index (χ3n) is 2.72. The van der Waals surface area contributed by atoms with Crippen molar-refractivity contribution in [2.24, 2.45) is 0 Å². The molecule has 2 rings (SSSR count). The van der Waals surface area contributed by atoms with Crippen molar-refractivity contribution in [2.45, 2.75) is 25.9 Å². The van der Waals surface area contributed by atoms with E-state index >= 15 is 0 Å². The maximum atomic E-state index is 5.56. The topological polar surface area (TPSA) is 21.3 Å². The fourth-order valence-electron chi connectivity index (χ4n) is 1.79. The highest BCUT2D eigenvalue weighted by atomic mass is 79.9. The monoisotopic (exact) mass is 269 g/mol. The molecule has 0 saturated carbocycles. The fraction of sp³-hybridized carbons (Fsp3) is 0.500. The Kier molecular flexibility index (Phi) is 3.65. The quantitative estimate of drug-likeness (QED) is 0.909. The molecule has 1 unspecified atom stereocenters. The molecule has 1 atom stereocenters. The predicted octanol–water partition coefficient (Wildman–Crippen LogP) is 3.35. The summed E-state index contributed by atoms with van der Waals surface area (Å²) in [7, 11) is 0. The minimum Gasteiger partial charge on any atom is -0.382 e. The van der Waals surface area contributed by atoms with Crippen LogP contribution in [0.5, 0.6) is 0 Å². The number of hydrogen-bond donors (Lipinski definition) is 1. The van der Waals surface area contributed by atoms with Gasteiger partial charge in [0.1, 0.15) is 0 Å². The van der Waals surface area contributed by atoms with Crippen LogP contribution in [0.1, 0.15) is 18.4 Å². The Bertz CT molecular complexity index is 334. The number of ether oxygens (including phenoxy) is 1. The van der Waals surface area contributed by atoms with Crippen LogP contribution in [-0.2, 0) is 4.74 Å². The van der Waals surface area contributed by atoms with Crippen molar-refractivity contribution in [3.8, 4) is 0 Å². The van der Waals surface area contributed by atoms with Crippen LogP contribution in [0, 0.1) is 6.92 Å². The van der Waals surface area contributed by atoms with Gasteiger partial charge in [-0.2, -0.15) is 0 Å². The molecule has 15 heavy (non-hydrogen) atoms. The zero-order valence-corrected chi connectivity index (χ0v) is 10.5. The average Bonchev–Trinajstić information content (AvgIpc) is 2.73. The van der Waals surface area contributed by atoms with Crippen LogP contribution in [0.3, 0.4) is 0 Å². The lowest BCUT2D eigenvalue weighted by Gasteiger charge is -2.12. The van der Waals surface area contributed by atoms with Crippen molar-refractivity contribution in [1.29, 1.82) is 0 Å². The molecule has 1 N–H and O–H groups in total. The molecule has 1 aliphatic rings. The largest absolute Gasteiger partial charge is 0.382 e. The normalized spacial score (nSPS) is 20.5. The predicted molar refractivity (Wildman–Crippen MR) is 66.3 cm³/mol. The molecule has 3 heteroatoms. The van der Waals surface area contributed by atoms with E-state index in [1.807, 2.05) is 0 Å². The van der Waals surface area contributed by atoms with Crippen molar-refractivity contribution >= 4 is 21.6 Å². The van der Waals surface area contributed by atoms with Gasteiger partial charge in [0.05, 0.1) is 6.10 Å². The molecule has 1 aliphatic heterocycles. The number of nitrogens with one attached hydrogen (secondary N) is 1. The second-order valence-corrected chi connectivity index (χ2v) is 4.83. The number of benzene rings is 1. The average molecular weight is 270 g/mol. The minimum atomic E-state index is 0.397. The molecule has 0 amide bonds. The summed E-state index contributed by atoms with van der Waals surface area (Å²) in [6.07, 6.45) is 2.78. The molecule has 0 aliphatic carbocycles. The van der Waals surface area contributed by atoms with Crippen LogP contribution in [0.15, 0.2) is 22.7 Å². The van der Waals surface area contributed by atoms with E-state index in [4.69, 9.17) is 4.74 Å². The zero-order chi connectivity index (χ0) is 10.7. The molecule has 0 radical (unpaired) electrons. The molecular formula is C12H16BrNO. The molecule has 82 valence electrons. The van der Waals surface area contributed by atoms with E-state index in [1.54, 1.807) is 0 Å². The summed E-state index contributed by atoms with van der Waals surface area (Å²) < 4.78 is 6.71. The van der Waals surface area contributed by atoms with Crippen LogP contribution in [0.2, 0.25) is 0 Å². The third kappa shape index (κ3) is 2.95. The molecule has 1 aromatic carbocycles. The van der Waals surface area contributed by atoms with Crippen LogP contribution in [0.4, 0.5) is 5.69 Å². The van der Waals surface area contributed by atoms with E-state index in [-0.39, 0.29) is 0 Å². The Morgan fingerprint density at radius 3 is 3.07 bits per heavy atom. The zero-order valence-electron chi connectivity index (χ0n) is 8.92. The van der Waals surface area contributed by atoms with E-state index < -0.39 is 0 Å². The summed E-state index contributed by atoms with van der Waals surface area (Å²) >= 11 is 3.49. The van der Waals surface area contributed by atoms with Gasteiger partial charge in [-0.3, -0.25) is 0 Å². The number of halogens is 1. The Labute approximate surface area is 99.1 Å². The van der Waals surface area contributed by atoms with Gasteiger partial charge in [0.15, 0.2) is 0 Å². The summed E-state index contributed by atoms with van der Waals surface area (Å²) in [5, 5.41) is 3.41. The van der Waals surface area contributed by atoms with Gasteiger partial charge in [0, 0.05) is 23.3 Å². The van der Waals surface area contributed by atoms with Gasteiger partial charge in [-0.05, 0) is 43.5 Å². The summed E-state index contributed by atoms with van der Waals surface area (Å²) in [4.78, 5) is 0. The summed E-state index contributed by atoms with van der Waals surface area (Å²) in [6.45, 7) is 3.94. The second kappa shape index (κ2) is 4.99. The maximum Gasteiger partial charge on any atom is 0.0748 e. The molecule has 1 aromatic rings. The van der Waals surface area contributed by atoms with Crippen LogP contribution in [0.25, 0.3) is 0 Å². The molecule has 2 nitrogen and oxygen atoms in total. The third-order valence-corrected chi connectivity index (χ3v) is 3.61. The first-order valence-electron chi connectivity index (χ1n) is 5.37. The van der Waals surface area contributed by atoms with Gasteiger partial charge in [-0.1, -0.05) is 15.9 Å². The standard InChI is InChI=1S/C12H16BrNO/c1-9-7-10(4-5-12(9)13)14-8-11-3-2-6-15-11/h4-5,7,11,14H,2-3,6,8H2,1H3. The van der Waals surface area contributed by atoms with Gasteiger partial charge in [-0.15, -0.1) is 0 Å². The van der Waals surface area contributed by atoms with Gasteiger partial charge in [-0.25, -0.2) is 0 Å². The van der Waals surface area contributed by atoms with E-state index in [1.165, 1.54) is 24.1 Å². The fourth-order valence-corrected chi connectivity index (χ4v) is 2.04. The van der Waals surface area contributed by atoms with Crippen molar-refractivity contribution in [3.05, 3.63) is 28.2 Å². The molecule has 0 spiro atoms. The molecule has 0 bridgehead atoms. The van der Waals surface area contributed by atoms with Crippen molar-refractivity contribution in [2.75, 3.05) is 18.5 Å². The summed E-state index contributed by atoms with van der Waals surface area (Å²) in [6, 6.07) is 6.32. The van der Waals surface area contributed by atoms with E-state index in [0.29, 0.717) is 6.10 Å². The lowest BCUT2D eigenvalue weighted by atomic mass is 10.2. The van der Waals surface area contributed by atoms with Crippen molar-refractivity contribution in [3.63, 3.8) is 0 Å². The highest BCUT2D eigenvalue weighted by Crippen LogP contribution is 2.20. The van der Waals surface area contributed by atoms with Crippen LogP contribution < -0.4 is 5.32 Å². The first-order chi connectivity index (χ1) is 7.25. The molecule has 1 heterocycles. The lowest BCUT2D eigenvalue weighted by Crippen LogP contribution is -2.18. The highest BCUT2D eigenvalue weighted by Gasteiger charge is 2.14. The Morgan fingerprint density at radius 1 is 1.53 bits per heavy atom. The molecule has 1 saturated heterocycles. The molecular weight excluding hydrogens is 254 g/mol. The van der Waals surface area contributed by atoms with Gasteiger partial charge in [0.25, 0.3) is 0 Å². The molecule has 0 aromatic heterocycles. The second-order valence-electron chi connectivity index (χ2n) is 3.98. The number of hydrogen-bond acceptors (Lipinski definition) is 2. The minimum absolute atomic E-state index is 0.397. The van der Waals surface area contributed by atoms with E-state index in [2.05, 4.69) is 46.4 Å². The SMILES string of the molecule is Cc1cc(NCC2CCCO2)ccc1Br. The Balaban J connectivity index is 1.90. The van der Waals surface area contributed by atoms with Crippen molar-refractivity contribution < 1.29 is 4.74 Å². The Hall–Kier alpha value is -0.540. The first-order valence-corrected chi connectivity index (χ1v) is 6.16. The number of anilines is 1. The number of rotatable bonds is 3. The smallest absolute Gasteiger partial charge is 0.0748 e. The first kappa shape index (κ1) is 11.0. The highest BCUT2D eigenvalue weighted by molar-refractivity contribution is 9.10. The van der Waals surface area contributed by atoms with E-state index in [0.717, 1.165) is 17.6 Å². The van der Waals surface area contributed by atoms with Crippen molar-refractivity contribution in [1.82, 2.24) is 0 Å². The van der Waals surface area contributed by atoms with Gasteiger partial charge in [0.2, 0.25) is 0 Å². The van der Waals surface area contributed by atoms with E-state index in [9.17, 15) is 0 Å². The van der Waals surface area contributed by atoms with Gasteiger partial charge < -0.3 is 10.1 Å². The lowest BCUT2D eigenvalue weighted by molar-refractivity contribution is 0.120. The number of aryl methyl sites for hydroxylation is 1. The van der Waals surface area contributed by atoms with Crippen LogP contribution in [-0.4, -0.2) is 19.3 Å². The maximum absolute atomic E-state index is 5.56. The molecule has 1 fully saturated rings. The van der Waals surface area contributed by atoms with Crippen LogP contribution >= 0.6 is 15.9 Å². The van der Waals surface area contributed by atoms with Gasteiger partial charge >= 0.3 is 0 Å². The summed E-state index contributed by atoms with van der Waals surface area (Å²) in [5.74, 6) is 0. The summed E-state index contributed by atoms with van der Waals surface area (Å²) in [5.41, 5.74) is 2.43. The Morgan fingerprint density at radius 2 is 2.40 bits per heavy atom.